The van der Waals surface area contributed by atoms with Gasteiger partial charge >= 0.3 is 0 Å². The molecule has 0 amide bonds. The standard InChI is InChI=1S/C34H33ClN2O5S2/c1-23-12-16-26(17-13-23)43(39,40)36-22-29-32(20-31(36)25-8-4-3-5-9-25)37(44(41,42)27-18-14-24(2)15-19-27)33(21-34(29)38)28-10-6-7-11-30(28)35/h3-19,29,31-33H,20-22H2,1-2H3/t29-,31+,32+,33+/m1/s1. The number of fused-ring (bicyclic) bond motifs is 1. The molecule has 0 bridgehead atoms. The van der Waals surface area contributed by atoms with Gasteiger partial charge in [0.05, 0.1) is 21.9 Å². The summed E-state index contributed by atoms with van der Waals surface area (Å²) >= 11 is 6.63. The first-order valence-corrected chi connectivity index (χ1v) is 17.7. The number of hydrogen-bond acceptors (Lipinski definition) is 5. The molecule has 0 aliphatic carbocycles. The number of carbonyl (C=O) groups is 1. The Hall–Kier alpha value is -3.34. The number of aryl methyl sites for hydroxylation is 2. The van der Waals surface area contributed by atoms with Crippen LogP contribution in [0.2, 0.25) is 5.02 Å². The molecule has 10 heteroatoms. The molecule has 4 aromatic carbocycles. The molecule has 2 fully saturated rings. The molecule has 2 aliphatic heterocycles. The van der Waals surface area contributed by atoms with Crippen LogP contribution in [0.5, 0.6) is 0 Å². The highest BCUT2D eigenvalue weighted by Gasteiger charge is 2.54. The highest BCUT2D eigenvalue weighted by Crippen LogP contribution is 2.48. The number of benzene rings is 4. The number of Topliss-reactive ketones (excluding diaryl/α,β-unsaturated/α-hetero) is 1. The van der Waals surface area contributed by atoms with Gasteiger partial charge in [0.15, 0.2) is 0 Å². The first-order valence-electron chi connectivity index (χ1n) is 14.5. The molecule has 6 rings (SSSR count). The number of rotatable bonds is 6. The van der Waals surface area contributed by atoms with E-state index in [1.54, 1.807) is 72.8 Å². The van der Waals surface area contributed by atoms with Crippen molar-refractivity contribution >= 4 is 37.4 Å². The van der Waals surface area contributed by atoms with Crippen molar-refractivity contribution in [3.8, 4) is 0 Å². The third kappa shape index (κ3) is 5.52. The van der Waals surface area contributed by atoms with Crippen LogP contribution in [0.1, 0.15) is 47.2 Å². The minimum Gasteiger partial charge on any atom is -0.299 e. The maximum Gasteiger partial charge on any atom is 0.243 e. The van der Waals surface area contributed by atoms with Crippen LogP contribution in [0.4, 0.5) is 0 Å². The summed E-state index contributed by atoms with van der Waals surface area (Å²) in [5.74, 6) is -1.06. The monoisotopic (exact) mass is 648 g/mol. The number of sulfonamides is 2. The highest BCUT2D eigenvalue weighted by atomic mass is 35.5. The summed E-state index contributed by atoms with van der Waals surface area (Å²) in [4.78, 5) is 14.2. The maximum absolute atomic E-state index is 14.6. The Morgan fingerprint density at radius 2 is 1.23 bits per heavy atom. The molecular weight excluding hydrogens is 616 g/mol. The largest absolute Gasteiger partial charge is 0.299 e. The van der Waals surface area contributed by atoms with Crippen molar-refractivity contribution in [1.29, 1.82) is 0 Å². The van der Waals surface area contributed by atoms with Gasteiger partial charge in [-0.3, -0.25) is 4.79 Å². The van der Waals surface area contributed by atoms with Gasteiger partial charge in [0, 0.05) is 29.9 Å². The molecule has 2 saturated heterocycles. The molecule has 2 aliphatic rings. The Bertz CT molecular complexity index is 1900. The van der Waals surface area contributed by atoms with E-state index in [0.29, 0.717) is 10.6 Å². The van der Waals surface area contributed by atoms with Crippen molar-refractivity contribution < 1.29 is 21.6 Å². The van der Waals surface area contributed by atoms with Crippen LogP contribution < -0.4 is 0 Å². The zero-order valence-electron chi connectivity index (χ0n) is 24.4. The molecule has 0 radical (unpaired) electrons. The molecule has 2 heterocycles. The Morgan fingerprint density at radius 1 is 0.682 bits per heavy atom. The number of ketones is 1. The minimum absolute atomic E-state index is 0.0948. The predicted molar refractivity (Wildman–Crippen MR) is 170 cm³/mol. The van der Waals surface area contributed by atoms with Gasteiger partial charge in [0.25, 0.3) is 0 Å². The van der Waals surface area contributed by atoms with Crippen LogP contribution in [0.15, 0.2) is 113 Å². The molecule has 0 unspecified atom stereocenters. The van der Waals surface area contributed by atoms with Crippen LogP contribution in [0.25, 0.3) is 0 Å². The summed E-state index contributed by atoms with van der Waals surface area (Å²) < 4.78 is 60.4. The van der Waals surface area contributed by atoms with E-state index < -0.39 is 44.1 Å². The van der Waals surface area contributed by atoms with Crippen molar-refractivity contribution in [3.63, 3.8) is 0 Å². The van der Waals surface area contributed by atoms with Crippen molar-refractivity contribution in [1.82, 2.24) is 8.61 Å². The first kappa shape index (κ1) is 30.7. The zero-order chi connectivity index (χ0) is 31.2. The maximum atomic E-state index is 14.6. The molecule has 4 atom stereocenters. The molecule has 4 aromatic rings. The van der Waals surface area contributed by atoms with Crippen LogP contribution in [0, 0.1) is 19.8 Å². The number of carbonyl (C=O) groups excluding carboxylic acids is 1. The fraction of sp³-hybridized carbons (Fsp3) is 0.265. The van der Waals surface area contributed by atoms with E-state index in [9.17, 15) is 21.6 Å². The first-order chi connectivity index (χ1) is 21.0. The zero-order valence-corrected chi connectivity index (χ0v) is 26.8. The van der Waals surface area contributed by atoms with E-state index in [2.05, 4.69) is 0 Å². The van der Waals surface area contributed by atoms with E-state index in [0.717, 1.165) is 16.7 Å². The van der Waals surface area contributed by atoms with E-state index >= 15 is 0 Å². The summed E-state index contributed by atoms with van der Waals surface area (Å²) in [5.41, 5.74) is 3.11. The van der Waals surface area contributed by atoms with Gasteiger partial charge in [-0.05, 0) is 61.7 Å². The molecule has 0 saturated carbocycles. The average Bonchev–Trinajstić information content (AvgIpc) is 3.01. The number of halogens is 1. The molecule has 0 aromatic heterocycles. The Labute approximate surface area is 264 Å². The summed E-state index contributed by atoms with van der Waals surface area (Å²) in [6.45, 7) is 3.62. The van der Waals surface area contributed by atoms with Crippen LogP contribution in [-0.2, 0) is 24.8 Å². The highest BCUT2D eigenvalue weighted by molar-refractivity contribution is 7.89. The van der Waals surface area contributed by atoms with Gasteiger partial charge in [-0.1, -0.05) is 95.5 Å². The summed E-state index contributed by atoms with van der Waals surface area (Å²) in [7, 11) is -8.19. The van der Waals surface area contributed by atoms with Crippen LogP contribution in [-0.4, -0.2) is 43.8 Å². The SMILES string of the molecule is Cc1ccc(S(=O)(=O)N2C[C@H]3C(=O)C[C@@H](c4ccccc4Cl)N(S(=O)(=O)c4ccc(C)cc4)[C@H]3C[C@H]2c2ccccc2)cc1. The minimum atomic E-state index is -4.15. The van der Waals surface area contributed by atoms with E-state index in [-0.39, 0.29) is 35.0 Å². The second-order valence-electron chi connectivity index (χ2n) is 11.6. The summed E-state index contributed by atoms with van der Waals surface area (Å²) in [6, 6.07) is 27.1. The van der Waals surface area contributed by atoms with Crippen molar-refractivity contribution in [2.75, 3.05) is 6.54 Å². The number of piperidine rings is 2. The molecule has 228 valence electrons. The normalized spacial score (nSPS) is 23.3. The van der Waals surface area contributed by atoms with Gasteiger partial charge < -0.3 is 0 Å². The smallest absolute Gasteiger partial charge is 0.243 e. The van der Waals surface area contributed by atoms with Gasteiger partial charge in [0.1, 0.15) is 5.78 Å². The lowest BCUT2D eigenvalue weighted by molar-refractivity contribution is -0.132. The predicted octanol–water partition coefficient (Wildman–Crippen LogP) is 6.48. The topological polar surface area (TPSA) is 91.8 Å². The van der Waals surface area contributed by atoms with Crippen molar-refractivity contribution in [2.45, 2.75) is 54.6 Å². The Morgan fingerprint density at radius 3 is 1.82 bits per heavy atom. The second-order valence-corrected chi connectivity index (χ2v) is 15.7. The van der Waals surface area contributed by atoms with Crippen molar-refractivity contribution in [2.24, 2.45) is 5.92 Å². The van der Waals surface area contributed by atoms with E-state index in [1.807, 2.05) is 44.2 Å². The third-order valence-corrected chi connectivity index (χ3v) is 12.9. The van der Waals surface area contributed by atoms with Gasteiger partial charge in [-0.2, -0.15) is 8.61 Å². The van der Waals surface area contributed by atoms with E-state index in [4.69, 9.17) is 11.6 Å². The van der Waals surface area contributed by atoms with Crippen LogP contribution >= 0.6 is 11.6 Å². The number of hydrogen-bond donors (Lipinski definition) is 0. The lowest BCUT2D eigenvalue weighted by Crippen LogP contribution is -2.60. The Balaban J connectivity index is 1.51. The van der Waals surface area contributed by atoms with Gasteiger partial charge in [-0.25, -0.2) is 16.8 Å². The fourth-order valence-corrected chi connectivity index (χ4v) is 10.2. The van der Waals surface area contributed by atoms with Crippen LogP contribution in [0.3, 0.4) is 0 Å². The van der Waals surface area contributed by atoms with Gasteiger partial charge in [0.2, 0.25) is 20.0 Å². The quantitative estimate of drug-likeness (QED) is 0.239. The third-order valence-electron chi connectivity index (χ3n) is 8.77. The lowest BCUT2D eigenvalue weighted by Gasteiger charge is -2.51. The van der Waals surface area contributed by atoms with E-state index in [1.165, 1.54) is 8.61 Å². The molecule has 7 nitrogen and oxygen atoms in total. The molecular formula is C34H33ClN2O5S2. The Kier molecular flexibility index (Phi) is 8.28. The van der Waals surface area contributed by atoms with Gasteiger partial charge in [-0.15, -0.1) is 0 Å². The lowest BCUT2D eigenvalue weighted by atomic mass is 9.77. The summed E-state index contributed by atoms with van der Waals surface area (Å²) in [5, 5.41) is 0.367. The molecule has 0 N–H and O–H groups in total. The fourth-order valence-electron chi connectivity index (χ4n) is 6.47. The average molecular weight is 649 g/mol. The summed E-state index contributed by atoms with van der Waals surface area (Å²) in [6.07, 6.45) is -0.0258. The molecule has 0 spiro atoms. The number of nitrogens with zero attached hydrogens (tertiary/aromatic N) is 2. The van der Waals surface area contributed by atoms with Crippen molar-refractivity contribution in [3.05, 3.63) is 130 Å². The molecule has 44 heavy (non-hydrogen) atoms. The second kappa shape index (κ2) is 11.9.